The first-order chi connectivity index (χ1) is 14.1. The molecule has 0 saturated carbocycles. The van der Waals surface area contributed by atoms with Crippen LogP contribution in [0.2, 0.25) is 0 Å². The topological polar surface area (TPSA) is 104 Å². The standard InChI is InChI=1S/C19H25N3O5S3/c1-15-5-3-11-22(13-15)29(24,25)17-9-7-16(8-10-17)20-18(23)14-21(2)30(26,27)19-6-4-12-28-19/h4,6-10,12,15H,3,5,11,13-14H2,1-2H3,(H,20,23)/t15-/m1/s1. The van der Waals surface area contributed by atoms with E-state index >= 15 is 0 Å². The highest BCUT2D eigenvalue weighted by Crippen LogP contribution is 2.24. The van der Waals surface area contributed by atoms with Gasteiger partial charge in [0, 0.05) is 25.8 Å². The van der Waals surface area contributed by atoms with Crippen LogP contribution in [0.25, 0.3) is 0 Å². The number of carbonyl (C=O) groups is 1. The van der Waals surface area contributed by atoms with Crippen molar-refractivity contribution in [2.75, 3.05) is 32.0 Å². The molecule has 164 valence electrons. The number of piperidine rings is 1. The van der Waals surface area contributed by atoms with E-state index in [0.29, 0.717) is 24.7 Å². The number of thiophene rings is 1. The Labute approximate surface area is 181 Å². The molecule has 0 bridgehead atoms. The number of benzene rings is 1. The Balaban J connectivity index is 1.63. The molecule has 0 aliphatic carbocycles. The van der Waals surface area contributed by atoms with Gasteiger partial charge in [0.05, 0.1) is 11.4 Å². The van der Waals surface area contributed by atoms with Crippen LogP contribution in [0.5, 0.6) is 0 Å². The molecule has 1 N–H and O–H groups in total. The van der Waals surface area contributed by atoms with Gasteiger partial charge in [-0.25, -0.2) is 16.8 Å². The van der Waals surface area contributed by atoms with Crippen LogP contribution < -0.4 is 5.32 Å². The van der Waals surface area contributed by atoms with Crippen molar-refractivity contribution < 1.29 is 21.6 Å². The Morgan fingerprint density at radius 1 is 1.20 bits per heavy atom. The highest BCUT2D eigenvalue weighted by Gasteiger charge is 2.28. The van der Waals surface area contributed by atoms with E-state index in [1.807, 2.05) is 6.92 Å². The van der Waals surface area contributed by atoms with E-state index in [-0.39, 0.29) is 15.6 Å². The second-order valence-electron chi connectivity index (χ2n) is 7.38. The number of amides is 1. The molecule has 8 nitrogen and oxygen atoms in total. The molecule has 0 radical (unpaired) electrons. The molecule has 3 rings (SSSR count). The summed E-state index contributed by atoms with van der Waals surface area (Å²) in [5, 5.41) is 4.26. The molecule has 1 atom stereocenters. The minimum Gasteiger partial charge on any atom is -0.325 e. The maximum absolute atomic E-state index is 12.8. The van der Waals surface area contributed by atoms with Crippen LogP contribution in [0.4, 0.5) is 5.69 Å². The minimum atomic E-state index is -3.72. The number of nitrogens with zero attached hydrogens (tertiary/aromatic N) is 2. The number of sulfonamides is 2. The third-order valence-electron chi connectivity index (χ3n) is 4.92. The van der Waals surface area contributed by atoms with Gasteiger partial charge in [0.2, 0.25) is 15.9 Å². The fraction of sp³-hybridized carbons (Fsp3) is 0.421. The summed E-state index contributed by atoms with van der Waals surface area (Å²) in [7, 11) is -5.95. The van der Waals surface area contributed by atoms with Gasteiger partial charge < -0.3 is 5.32 Å². The molecule has 1 aromatic carbocycles. The van der Waals surface area contributed by atoms with Crippen LogP contribution >= 0.6 is 11.3 Å². The summed E-state index contributed by atoms with van der Waals surface area (Å²) in [4.78, 5) is 12.4. The number of anilines is 1. The van der Waals surface area contributed by atoms with Crippen molar-refractivity contribution in [1.82, 2.24) is 8.61 Å². The Bertz CT molecular complexity index is 1080. The Morgan fingerprint density at radius 3 is 2.50 bits per heavy atom. The quantitative estimate of drug-likeness (QED) is 0.668. The Kier molecular flexibility index (Phi) is 6.98. The normalized spacial score (nSPS) is 18.4. The summed E-state index contributed by atoms with van der Waals surface area (Å²) in [6.07, 6.45) is 1.87. The van der Waals surface area contributed by atoms with Crippen LogP contribution in [0, 0.1) is 5.92 Å². The van der Waals surface area contributed by atoms with Crippen LogP contribution in [0.15, 0.2) is 50.9 Å². The molecule has 1 aliphatic rings. The van der Waals surface area contributed by atoms with Crippen molar-refractivity contribution in [2.24, 2.45) is 5.92 Å². The summed E-state index contributed by atoms with van der Waals surface area (Å²) >= 11 is 1.08. The monoisotopic (exact) mass is 471 g/mol. The zero-order valence-electron chi connectivity index (χ0n) is 16.8. The largest absolute Gasteiger partial charge is 0.325 e. The third-order valence-corrected chi connectivity index (χ3v) is 9.98. The van der Waals surface area contributed by atoms with Crippen molar-refractivity contribution >= 4 is 43.0 Å². The molecule has 11 heteroatoms. The van der Waals surface area contributed by atoms with Gasteiger partial charge in [0.15, 0.2) is 0 Å². The van der Waals surface area contributed by atoms with Crippen LogP contribution in [-0.4, -0.2) is 58.0 Å². The number of hydrogen-bond acceptors (Lipinski definition) is 6. The van der Waals surface area contributed by atoms with Crippen LogP contribution in [-0.2, 0) is 24.8 Å². The van der Waals surface area contributed by atoms with Gasteiger partial charge in [-0.2, -0.15) is 8.61 Å². The number of carbonyl (C=O) groups excluding carboxylic acids is 1. The van der Waals surface area contributed by atoms with Gasteiger partial charge in [-0.05, 0) is 54.5 Å². The van der Waals surface area contributed by atoms with Gasteiger partial charge in [-0.15, -0.1) is 11.3 Å². The lowest BCUT2D eigenvalue weighted by molar-refractivity contribution is -0.116. The summed E-state index contributed by atoms with van der Waals surface area (Å²) < 4.78 is 53.0. The molecule has 1 aromatic heterocycles. The Hall–Kier alpha value is -1.79. The van der Waals surface area contributed by atoms with Crippen molar-refractivity contribution in [1.29, 1.82) is 0 Å². The molecule has 0 unspecified atom stereocenters. The van der Waals surface area contributed by atoms with E-state index in [0.717, 1.165) is 28.5 Å². The first kappa shape index (κ1) is 22.9. The molecule has 1 saturated heterocycles. The Morgan fingerprint density at radius 2 is 1.90 bits per heavy atom. The first-order valence-electron chi connectivity index (χ1n) is 9.50. The summed E-state index contributed by atoms with van der Waals surface area (Å²) in [6, 6.07) is 9.03. The second kappa shape index (κ2) is 9.15. The second-order valence-corrected chi connectivity index (χ2v) is 12.5. The van der Waals surface area contributed by atoms with E-state index in [4.69, 9.17) is 0 Å². The lowest BCUT2D eigenvalue weighted by Crippen LogP contribution is -2.39. The summed E-state index contributed by atoms with van der Waals surface area (Å²) in [5.41, 5.74) is 0.396. The van der Waals surface area contributed by atoms with Crippen molar-refractivity contribution in [3.8, 4) is 0 Å². The zero-order chi connectivity index (χ0) is 21.9. The van der Waals surface area contributed by atoms with Crippen molar-refractivity contribution in [2.45, 2.75) is 28.9 Å². The molecule has 1 fully saturated rings. The minimum absolute atomic E-state index is 0.166. The van der Waals surface area contributed by atoms with Crippen LogP contribution in [0.3, 0.4) is 0 Å². The van der Waals surface area contributed by atoms with Gasteiger partial charge >= 0.3 is 0 Å². The predicted octanol–water partition coefficient (Wildman–Crippen LogP) is 2.43. The smallest absolute Gasteiger partial charge is 0.252 e. The first-order valence-corrected chi connectivity index (χ1v) is 13.3. The lowest BCUT2D eigenvalue weighted by atomic mass is 10.0. The third kappa shape index (κ3) is 5.09. The number of hydrogen-bond donors (Lipinski definition) is 1. The number of rotatable bonds is 7. The van der Waals surface area contributed by atoms with Crippen molar-refractivity contribution in [3.63, 3.8) is 0 Å². The van der Waals surface area contributed by atoms with Gasteiger partial charge in [0.25, 0.3) is 10.0 Å². The molecule has 1 aliphatic heterocycles. The van der Waals surface area contributed by atoms with E-state index < -0.39 is 26.0 Å². The maximum Gasteiger partial charge on any atom is 0.252 e. The van der Waals surface area contributed by atoms with E-state index in [9.17, 15) is 21.6 Å². The van der Waals surface area contributed by atoms with E-state index in [1.165, 1.54) is 41.7 Å². The maximum atomic E-state index is 12.8. The zero-order valence-corrected chi connectivity index (χ0v) is 19.3. The van der Waals surface area contributed by atoms with Gasteiger partial charge in [-0.3, -0.25) is 4.79 Å². The molecular weight excluding hydrogens is 446 g/mol. The summed E-state index contributed by atoms with van der Waals surface area (Å²) in [6.45, 7) is 2.70. The molecule has 30 heavy (non-hydrogen) atoms. The molecule has 2 heterocycles. The molecule has 0 spiro atoms. The van der Waals surface area contributed by atoms with Gasteiger partial charge in [0.1, 0.15) is 4.21 Å². The highest BCUT2D eigenvalue weighted by atomic mass is 32.2. The van der Waals surface area contributed by atoms with Gasteiger partial charge in [-0.1, -0.05) is 13.0 Å². The van der Waals surface area contributed by atoms with E-state index in [2.05, 4.69) is 5.32 Å². The molecular formula is C19H25N3O5S3. The average Bonchev–Trinajstić information content (AvgIpc) is 3.24. The SMILES string of the molecule is C[C@@H]1CCCN(S(=O)(=O)c2ccc(NC(=O)CN(C)S(=O)(=O)c3cccs3)cc2)C1. The summed E-state index contributed by atoms with van der Waals surface area (Å²) in [5.74, 6) is -0.187. The highest BCUT2D eigenvalue weighted by molar-refractivity contribution is 7.91. The predicted molar refractivity (Wildman–Crippen MR) is 116 cm³/mol. The lowest BCUT2D eigenvalue weighted by Gasteiger charge is -2.30. The number of likely N-dealkylation sites (N-methyl/N-ethyl adjacent to an activating group) is 1. The molecule has 1 amide bonds. The average molecular weight is 472 g/mol. The fourth-order valence-electron chi connectivity index (χ4n) is 3.28. The fourth-order valence-corrected chi connectivity index (χ4v) is 7.20. The van der Waals surface area contributed by atoms with E-state index in [1.54, 1.807) is 11.4 Å². The number of nitrogens with one attached hydrogen (secondary N) is 1. The van der Waals surface area contributed by atoms with Crippen molar-refractivity contribution in [3.05, 3.63) is 41.8 Å². The van der Waals surface area contributed by atoms with Crippen LogP contribution in [0.1, 0.15) is 19.8 Å². The molecule has 2 aromatic rings.